The molecular weight excluding hydrogens is 248 g/mol. The molecule has 0 aliphatic heterocycles. The number of hydrogen-bond donors (Lipinski definition) is 2. The zero-order chi connectivity index (χ0) is 12.1. The van der Waals surface area contributed by atoms with Gasteiger partial charge in [0.1, 0.15) is 0 Å². The van der Waals surface area contributed by atoms with Crippen LogP contribution in [0.2, 0.25) is 0 Å². The fourth-order valence-corrected chi connectivity index (χ4v) is 2.99. The molecule has 0 saturated carbocycles. The normalized spacial score (nSPS) is 12.6. The average Bonchev–Trinajstić information content (AvgIpc) is 2.10. The second kappa shape index (κ2) is 7.48. The van der Waals surface area contributed by atoms with Crippen LogP contribution in [0.15, 0.2) is 0 Å². The Kier molecular flexibility index (Phi) is 8.66. The van der Waals surface area contributed by atoms with Crippen molar-refractivity contribution >= 4 is 22.4 Å². The first-order valence-electron chi connectivity index (χ1n) is 5.46. The Labute approximate surface area is 106 Å². The van der Waals surface area contributed by atoms with E-state index < -0.39 is 15.6 Å². The van der Waals surface area contributed by atoms with Crippen molar-refractivity contribution in [2.45, 2.75) is 46.1 Å². The third-order valence-electron chi connectivity index (χ3n) is 2.36. The van der Waals surface area contributed by atoms with Gasteiger partial charge in [-0.05, 0) is 19.8 Å². The molecule has 0 aromatic carbocycles. The van der Waals surface area contributed by atoms with E-state index in [1.54, 1.807) is 13.8 Å². The SMILES string of the molecule is CCC(CC)CS(=O)(=O)NCC(C)(C)N.Cl. The third-order valence-corrected chi connectivity index (χ3v) is 3.85. The van der Waals surface area contributed by atoms with E-state index in [-0.39, 0.29) is 30.6 Å². The quantitative estimate of drug-likeness (QED) is 0.738. The van der Waals surface area contributed by atoms with Gasteiger partial charge in [-0.2, -0.15) is 0 Å². The Bertz CT molecular complexity index is 269. The molecule has 100 valence electrons. The van der Waals surface area contributed by atoms with Gasteiger partial charge in [-0.15, -0.1) is 12.4 Å². The highest BCUT2D eigenvalue weighted by atomic mass is 35.5. The molecule has 0 spiro atoms. The van der Waals surface area contributed by atoms with Gasteiger partial charge in [0.05, 0.1) is 5.75 Å². The van der Waals surface area contributed by atoms with Crippen LogP contribution >= 0.6 is 12.4 Å². The lowest BCUT2D eigenvalue weighted by Crippen LogP contribution is -2.46. The monoisotopic (exact) mass is 272 g/mol. The molecule has 0 heterocycles. The van der Waals surface area contributed by atoms with E-state index in [0.717, 1.165) is 12.8 Å². The standard InChI is InChI=1S/C10H24N2O2S.ClH/c1-5-9(6-2)7-15(13,14)12-8-10(3,4)11;/h9,12H,5-8,11H2,1-4H3;1H. The van der Waals surface area contributed by atoms with Gasteiger partial charge in [-0.25, -0.2) is 13.1 Å². The van der Waals surface area contributed by atoms with Crippen molar-refractivity contribution in [1.82, 2.24) is 4.72 Å². The minimum Gasteiger partial charge on any atom is -0.324 e. The van der Waals surface area contributed by atoms with Crippen LogP contribution in [0, 0.1) is 5.92 Å². The first-order chi connectivity index (χ1) is 6.70. The zero-order valence-electron chi connectivity index (χ0n) is 10.6. The lowest BCUT2D eigenvalue weighted by molar-refractivity contribution is 0.484. The number of hydrogen-bond acceptors (Lipinski definition) is 3. The third kappa shape index (κ3) is 9.39. The van der Waals surface area contributed by atoms with Crippen molar-refractivity contribution in [3.05, 3.63) is 0 Å². The van der Waals surface area contributed by atoms with Crippen molar-refractivity contribution < 1.29 is 8.42 Å². The van der Waals surface area contributed by atoms with Crippen LogP contribution in [0.5, 0.6) is 0 Å². The molecule has 0 aromatic rings. The Morgan fingerprint density at radius 3 is 2.00 bits per heavy atom. The number of rotatable bonds is 7. The smallest absolute Gasteiger partial charge is 0.211 e. The second-order valence-corrected chi connectivity index (χ2v) is 6.63. The van der Waals surface area contributed by atoms with Crippen LogP contribution < -0.4 is 10.5 Å². The molecule has 0 amide bonds. The molecule has 3 N–H and O–H groups in total. The second-order valence-electron chi connectivity index (χ2n) is 4.77. The first kappa shape index (κ1) is 18.5. The Balaban J connectivity index is 0. The van der Waals surface area contributed by atoms with Crippen LogP contribution in [0.1, 0.15) is 40.5 Å². The predicted octanol–water partition coefficient (Wildman–Crippen LogP) is 1.50. The predicted molar refractivity (Wildman–Crippen MR) is 71.4 cm³/mol. The topological polar surface area (TPSA) is 72.2 Å². The first-order valence-corrected chi connectivity index (χ1v) is 7.11. The summed E-state index contributed by atoms with van der Waals surface area (Å²) in [6.07, 6.45) is 1.78. The molecule has 0 radical (unpaired) electrons. The number of nitrogens with one attached hydrogen (secondary N) is 1. The molecule has 6 heteroatoms. The molecule has 0 saturated heterocycles. The van der Waals surface area contributed by atoms with Crippen LogP contribution in [0.4, 0.5) is 0 Å². The van der Waals surface area contributed by atoms with Gasteiger partial charge in [0.15, 0.2) is 0 Å². The van der Waals surface area contributed by atoms with E-state index in [4.69, 9.17) is 5.73 Å². The van der Waals surface area contributed by atoms with Crippen molar-refractivity contribution in [3.8, 4) is 0 Å². The fraction of sp³-hybridized carbons (Fsp3) is 1.00. The molecule has 0 bridgehead atoms. The maximum Gasteiger partial charge on any atom is 0.211 e. The maximum atomic E-state index is 11.6. The summed E-state index contributed by atoms with van der Waals surface area (Å²) >= 11 is 0. The molecule has 0 aliphatic rings. The van der Waals surface area contributed by atoms with E-state index in [1.807, 2.05) is 13.8 Å². The van der Waals surface area contributed by atoms with Crippen molar-refractivity contribution in [2.75, 3.05) is 12.3 Å². The van der Waals surface area contributed by atoms with Crippen molar-refractivity contribution in [3.63, 3.8) is 0 Å². The highest BCUT2D eigenvalue weighted by Crippen LogP contribution is 2.10. The molecule has 0 atom stereocenters. The van der Waals surface area contributed by atoms with Gasteiger partial charge in [0, 0.05) is 12.1 Å². The molecule has 0 aromatic heterocycles. The molecule has 4 nitrogen and oxygen atoms in total. The van der Waals surface area contributed by atoms with E-state index in [9.17, 15) is 8.42 Å². The summed E-state index contributed by atoms with van der Waals surface area (Å²) in [5.74, 6) is 0.444. The number of nitrogens with two attached hydrogens (primary N) is 1. The fourth-order valence-electron chi connectivity index (χ4n) is 1.19. The Morgan fingerprint density at radius 2 is 1.69 bits per heavy atom. The van der Waals surface area contributed by atoms with Gasteiger partial charge in [-0.1, -0.05) is 26.7 Å². The maximum absolute atomic E-state index is 11.6. The van der Waals surface area contributed by atoms with E-state index >= 15 is 0 Å². The van der Waals surface area contributed by atoms with Crippen LogP contribution in [0.25, 0.3) is 0 Å². The van der Waals surface area contributed by atoms with Crippen molar-refractivity contribution in [2.24, 2.45) is 11.7 Å². The minimum absolute atomic E-state index is 0. The van der Waals surface area contributed by atoms with Crippen molar-refractivity contribution in [1.29, 1.82) is 0 Å². The summed E-state index contributed by atoms with van der Waals surface area (Å²) in [5, 5.41) is 0. The summed E-state index contributed by atoms with van der Waals surface area (Å²) in [5.41, 5.74) is 5.21. The van der Waals surface area contributed by atoms with Crippen LogP contribution in [-0.2, 0) is 10.0 Å². The van der Waals surface area contributed by atoms with Crippen LogP contribution in [-0.4, -0.2) is 26.3 Å². The summed E-state index contributed by atoms with van der Waals surface area (Å²) < 4.78 is 25.8. The lowest BCUT2D eigenvalue weighted by Gasteiger charge is -2.20. The van der Waals surface area contributed by atoms with Gasteiger partial charge < -0.3 is 5.73 Å². The largest absolute Gasteiger partial charge is 0.324 e. The molecule has 0 rings (SSSR count). The molecule has 0 aliphatic carbocycles. The van der Waals surface area contributed by atoms with Gasteiger partial charge in [0.2, 0.25) is 10.0 Å². The molecule has 0 fully saturated rings. The Morgan fingerprint density at radius 1 is 1.25 bits per heavy atom. The summed E-state index contributed by atoms with van der Waals surface area (Å²) in [6.45, 7) is 7.90. The number of halogens is 1. The van der Waals surface area contributed by atoms with Gasteiger partial charge in [0.25, 0.3) is 0 Å². The van der Waals surface area contributed by atoms with E-state index in [2.05, 4.69) is 4.72 Å². The number of sulfonamides is 1. The zero-order valence-corrected chi connectivity index (χ0v) is 12.2. The summed E-state index contributed by atoms with van der Waals surface area (Å²) in [4.78, 5) is 0. The highest BCUT2D eigenvalue weighted by Gasteiger charge is 2.19. The average molecular weight is 273 g/mol. The Hall–Kier alpha value is 0.160. The molecule has 0 unspecified atom stereocenters. The molecular formula is C10H25ClN2O2S. The summed E-state index contributed by atoms with van der Waals surface area (Å²) in [7, 11) is -3.17. The van der Waals surface area contributed by atoms with Gasteiger partial charge >= 0.3 is 0 Å². The summed E-state index contributed by atoms with van der Waals surface area (Å²) in [6, 6.07) is 0. The van der Waals surface area contributed by atoms with E-state index in [0.29, 0.717) is 0 Å². The molecule has 16 heavy (non-hydrogen) atoms. The van der Waals surface area contributed by atoms with Gasteiger partial charge in [-0.3, -0.25) is 0 Å². The lowest BCUT2D eigenvalue weighted by atomic mass is 10.1. The van der Waals surface area contributed by atoms with E-state index in [1.165, 1.54) is 0 Å². The van der Waals surface area contributed by atoms with Crippen LogP contribution in [0.3, 0.4) is 0 Å². The minimum atomic E-state index is -3.17. The highest BCUT2D eigenvalue weighted by molar-refractivity contribution is 7.89.